The van der Waals surface area contributed by atoms with Crippen molar-refractivity contribution >= 4 is 34.0 Å². The standard InChI is InChI=1S/C23H13Cl2N5O4/c24-17-8-15(30-23(33)27-19(31)11-26-30)9-18(25)21(17)34-20-10-16(22(32)29-28-20)14-6-5-12-3-1-2-4-13(12)7-14/h1-11H,(H,29,32)(H,27,31,33). The summed E-state index contributed by atoms with van der Waals surface area (Å²) in [5.41, 5.74) is -0.527. The Labute approximate surface area is 200 Å². The van der Waals surface area contributed by atoms with E-state index in [0.717, 1.165) is 21.7 Å². The summed E-state index contributed by atoms with van der Waals surface area (Å²) in [7, 11) is 0. The summed E-state index contributed by atoms with van der Waals surface area (Å²) < 4.78 is 6.70. The van der Waals surface area contributed by atoms with Crippen LogP contribution < -0.4 is 21.5 Å². The van der Waals surface area contributed by atoms with Crippen molar-refractivity contribution in [3.05, 3.63) is 108 Å². The Morgan fingerprint density at radius 3 is 2.35 bits per heavy atom. The number of ether oxygens (including phenoxy) is 1. The van der Waals surface area contributed by atoms with Gasteiger partial charge in [-0.2, -0.15) is 9.78 Å². The van der Waals surface area contributed by atoms with E-state index < -0.39 is 16.8 Å². The quantitative estimate of drug-likeness (QED) is 0.391. The number of hydrogen-bond acceptors (Lipinski definition) is 6. The number of halogens is 2. The molecule has 168 valence electrons. The SMILES string of the molecule is O=c1cnn(-c2cc(Cl)c(Oc3cc(-c4ccc5ccccc5c4)c(=O)[nH]n3)c(Cl)c2)c(=O)[nH]1. The highest BCUT2D eigenvalue weighted by Crippen LogP contribution is 2.38. The Hall–Kier alpha value is -4.21. The van der Waals surface area contributed by atoms with Crippen LogP contribution in [-0.4, -0.2) is 25.0 Å². The maximum absolute atomic E-state index is 12.5. The summed E-state index contributed by atoms with van der Waals surface area (Å²) in [4.78, 5) is 37.8. The van der Waals surface area contributed by atoms with E-state index in [1.54, 1.807) is 0 Å². The third kappa shape index (κ3) is 4.09. The van der Waals surface area contributed by atoms with Gasteiger partial charge in [0.2, 0.25) is 5.88 Å². The van der Waals surface area contributed by atoms with E-state index in [4.69, 9.17) is 27.9 Å². The third-order valence-corrected chi connectivity index (χ3v) is 5.55. The lowest BCUT2D eigenvalue weighted by Gasteiger charge is -2.12. The molecule has 11 heteroatoms. The van der Waals surface area contributed by atoms with Crippen molar-refractivity contribution in [3.8, 4) is 28.4 Å². The first-order valence-corrected chi connectivity index (χ1v) is 10.6. The van der Waals surface area contributed by atoms with Crippen LogP contribution in [0.25, 0.3) is 27.6 Å². The number of fused-ring (bicyclic) bond motifs is 1. The van der Waals surface area contributed by atoms with Gasteiger partial charge in [0.1, 0.15) is 6.20 Å². The molecule has 0 amide bonds. The molecule has 0 aliphatic carbocycles. The molecular formula is C23H13Cl2N5O4. The number of hydrogen-bond donors (Lipinski definition) is 2. The molecule has 3 aromatic carbocycles. The van der Waals surface area contributed by atoms with E-state index in [-0.39, 0.29) is 27.4 Å². The fourth-order valence-corrected chi connectivity index (χ4v) is 3.97. The lowest BCUT2D eigenvalue weighted by Crippen LogP contribution is -2.30. The van der Waals surface area contributed by atoms with Crippen LogP contribution in [0.15, 0.2) is 81.2 Å². The summed E-state index contributed by atoms with van der Waals surface area (Å²) in [6, 6.07) is 17.7. The molecule has 0 fully saturated rings. The van der Waals surface area contributed by atoms with Gasteiger partial charge in [-0.15, -0.1) is 5.10 Å². The molecule has 2 N–H and O–H groups in total. The third-order valence-electron chi connectivity index (χ3n) is 4.99. The molecule has 0 aliphatic heterocycles. The van der Waals surface area contributed by atoms with Gasteiger partial charge < -0.3 is 4.74 Å². The average Bonchev–Trinajstić information content (AvgIpc) is 2.82. The van der Waals surface area contributed by atoms with E-state index in [0.29, 0.717) is 11.1 Å². The minimum atomic E-state index is -0.754. The summed E-state index contributed by atoms with van der Waals surface area (Å²) in [5, 5.41) is 12.3. The van der Waals surface area contributed by atoms with Gasteiger partial charge in [0.05, 0.1) is 21.3 Å². The van der Waals surface area contributed by atoms with Crippen LogP contribution in [0.1, 0.15) is 0 Å². The number of aromatic nitrogens is 5. The van der Waals surface area contributed by atoms with Crippen LogP contribution in [0.2, 0.25) is 10.0 Å². The van der Waals surface area contributed by atoms with E-state index in [1.165, 1.54) is 18.2 Å². The lowest BCUT2D eigenvalue weighted by atomic mass is 10.0. The predicted octanol–water partition coefficient (Wildman–Crippen LogP) is 3.92. The highest BCUT2D eigenvalue weighted by Gasteiger charge is 2.16. The minimum absolute atomic E-state index is 0.0543. The fraction of sp³-hybridized carbons (Fsp3) is 0. The molecule has 0 saturated carbocycles. The molecule has 5 aromatic rings. The van der Waals surface area contributed by atoms with Gasteiger partial charge in [0.25, 0.3) is 11.1 Å². The van der Waals surface area contributed by atoms with Crippen molar-refractivity contribution in [1.29, 1.82) is 0 Å². The van der Waals surface area contributed by atoms with Gasteiger partial charge in [-0.05, 0) is 34.5 Å². The predicted molar refractivity (Wildman–Crippen MR) is 128 cm³/mol. The smallest absolute Gasteiger partial charge is 0.349 e. The van der Waals surface area contributed by atoms with Crippen LogP contribution in [-0.2, 0) is 0 Å². The lowest BCUT2D eigenvalue weighted by molar-refractivity contribution is 0.455. The van der Waals surface area contributed by atoms with Crippen molar-refractivity contribution in [1.82, 2.24) is 25.0 Å². The summed E-state index contributed by atoms with van der Waals surface area (Å²) in [5.74, 6) is 0.118. The molecule has 0 radical (unpaired) electrons. The average molecular weight is 494 g/mol. The first-order chi connectivity index (χ1) is 16.4. The molecule has 0 atom stereocenters. The number of benzene rings is 3. The molecule has 0 saturated heterocycles. The zero-order valence-corrected chi connectivity index (χ0v) is 18.6. The highest BCUT2D eigenvalue weighted by molar-refractivity contribution is 6.37. The van der Waals surface area contributed by atoms with Crippen molar-refractivity contribution in [3.63, 3.8) is 0 Å². The molecular weight excluding hydrogens is 481 g/mol. The number of rotatable bonds is 4. The Bertz CT molecular complexity index is 1720. The van der Waals surface area contributed by atoms with Gasteiger partial charge in [0, 0.05) is 6.07 Å². The number of nitrogens with zero attached hydrogens (tertiary/aromatic N) is 3. The van der Waals surface area contributed by atoms with Crippen LogP contribution in [0, 0.1) is 0 Å². The van der Waals surface area contributed by atoms with Crippen molar-refractivity contribution < 1.29 is 4.74 Å². The maximum Gasteiger partial charge on any atom is 0.349 e. The molecule has 34 heavy (non-hydrogen) atoms. The first kappa shape index (κ1) is 21.6. The van der Waals surface area contributed by atoms with Gasteiger partial charge in [-0.25, -0.2) is 9.89 Å². The second kappa shape index (κ2) is 8.62. The van der Waals surface area contributed by atoms with Crippen molar-refractivity contribution in [2.24, 2.45) is 0 Å². The Balaban J connectivity index is 1.51. The van der Waals surface area contributed by atoms with E-state index in [2.05, 4.69) is 20.3 Å². The van der Waals surface area contributed by atoms with Gasteiger partial charge in [0.15, 0.2) is 5.75 Å². The number of nitrogens with one attached hydrogen (secondary N) is 2. The second-order valence-electron chi connectivity index (χ2n) is 7.20. The number of aromatic amines is 2. The van der Waals surface area contributed by atoms with Crippen molar-refractivity contribution in [2.75, 3.05) is 0 Å². The minimum Gasteiger partial charge on any atom is -0.434 e. The molecule has 9 nitrogen and oxygen atoms in total. The van der Waals surface area contributed by atoms with Gasteiger partial charge >= 0.3 is 5.69 Å². The molecule has 5 rings (SSSR count). The highest BCUT2D eigenvalue weighted by atomic mass is 35.5. The second-order valence-corrected chi connectivity index (χ2v) is 8.02. The molecule has 2 aromatic heterocycles. The van der Waals surface area contributed by atoms with Gasteiger partial charge in [-0.3, -0.25) is 14.6 Å². The Morgan fingerprint density at radius 2 is 1.62 bits per heavy atom. The van der Waals surface area contributed by atoms with E-state index in [9.17, 15) is 14.4 Å². The zero-order chi connectivity index (χ0) is 23.8. The van der Waals surface area contributed by atoms with Crippen LogP contribution in [0.4, 0.5) is 0 Å². The fourth-order valence-electron chi connectivity index (χ4n) is 3.42. The normalized spacial score (nSPS) is 11.0. The Morgan fingerprint density at radius 1 is 0.882 bits per heavy atom. The zero-order valence-electron chi connectivity index (χ0n) is 17.1. The van der Waals surface area contributed by atoms with Crippen LogP contribution in [0.5, 0.6) is 11.6 Å². The van der Waals surface area contributed by atoms with Crippen LogP contribution >= 0.6 is 23.2 Å². The number of H-pyrrole nitrogens is 2. The molecule has 0 unspecified atom stereocenters. The van der Waals surface area contributed by atoms with Crippen LogP contribution in [0.3, 0.4) is 0 Å². The largest absolute Gasteiger partial charge is 0.434 e. The molecule has 0 bridgehead atoms. The van der Waals surface area contributed by atoms with Gasteiger partial charge in [-0.1, -0.05) is 59.6 Å². The van der Waals surface area contributed by atoms with E-state index in [1.807, 2.05) is 42.5 Å². The topological polar surface area (TPSA) is 123 Å². The molecule has 0 aliphatic rings. The first-order valence-electron chi connectivity index (χ1n) is 9.84. The maximum atomic E-state index is 12.5. The van der Waals surface area contributed by atoms with Crippen molar-refractivity contribution in [2.45, 2.75) is 0 Å². The molecule has 2 heterocycles. The molecule has 0 spiro atoms. The summed E-state index contributed by atoms with van der Waals surface area (Å²) in [6.45, 7) is 0. The Kier molecular flexibility index (Phi) is 5.48. The van der Waals surface area contributed by atoms with E-state index >= 15 is 0 Å². The monoisotopic (exact) mass is 493 g/mol. The summed E-state index contributed by atoms with van der Waals surface area (Å²) in [6.07, 6.45) is 0.951. The summed E-state index contributed by atoms with van der Waals surface area (Å²) >= 11 is 12.7.